The van der Waals surface area contributed by atoms with Crippen molar-refractivity contribution in [3.05, 3.63) is 11.6 Å². The van der Waals surface area contributed by atoms with E-state index >= 15 is 0 Å². The molecule has 3 saturated carbocycles. The van der Waals surface area contributed by atoms with E-state index in [4.69, 9.17) is 4.74 Å². The van der Waals surface area contributed by atoms with Gasteiger partial charge in [-0.05, 0) is 68.3 Å². The van der Waals surface area contributed by atoms with E-state index in [9.17, 15) is 14.4 Å². The Morgan fingerprint density at radius 2 is 1.80 bits per heavy atom. The average molecular weight is 342 g/mol. The summed E-state index contributed by atoms with van der Waals surface area (Å²) < 4.78 is 5.66. The maximum atomic E-state index is 12.9. The van der Waals surface area contributed by atoms with Gasteiger partial charge < -0.3 is 4.74 Å². The molecule has 1 aliphatic heterocycles. The third kappa shape index (κ3) is 1.76. The van der Waals surface area contributed by atoms with Crippen LogP contribution in [0.5, 0.6) is 0 Å². The Morgan fingerprint density at radius 1 is 1.04 bits per heavy atom. The second-order valence-corrected chi connectivity index (χ2v) is 9.32. The summed E-state index contributed by atoms with van der Waals surface area (Å²) in [6.45, 7) is 4.23. The molecule has 0 aromatic rings. The summed E-state index contributed by atoms with van der Waals surface area (Å²) in [7, 11) is 0. The van der Waals surface area contributed by atoms with Gasteiger partial charge in [-0.2, -0.15) is 0 Å². The number of hydrogen-bond acceptors (Lipinski definition) is 4. The molecular weight excluding hydrogens is 316 g/mol. The van der Waals surface area contributed by atoms with Crippen molar-refractivity contribution in [1.82, 2.24) is 0 Å². The molecule has 0 aromatic heterocycles. The quantitative estimate of drug-likeness (QED) is 0.634. The van der Waals surface area contributed by atoms with Crippen LogP contribution in [0, 0.1) is 34.5 Å². The lowest BCUT2D eigenvalue weighted by molar-refractivity contribution is -0.158. The van der Waals surface area contributed by atoms with Crippen molar-refractivity contribution in [2.45, 2.75) is 64.9 Å². The molecular formula is C21H26O4. The number of fused-ring (bicyclic) bond motifs is 4. The van der Waals surface area contributed by atoms with Gasteiger partial charge in [0.1, 0.15) is 6.10 Å². The first kappa shape index (κ1) is 15.8. The number of Topliss-reactive ketones (excluding diaryl/α,β-unsaturated/α-hetero) is 1. The van der Waals surface area contributed by atoms with Crippen LogP contribution in [0.25, 0.3) is 0 Å². The van der Waals surface area contributed by atoms with E-state index in [1.807, 2.05) is 6.92 Å². The van der Waals surface area contributed by atoms with Crippen LogP contribution in [-0.2, 0) is 19.1 Å². The maximum absolute atomic E-state index is 12.9. The molecule has 4 fully saturated rings. The summed E-state index contributed by atoms with van der Waals surface area (Å²) in [5.74, 6) is 1.57. The van der Waals surface area contributed by atoms with Crippen molar-refractivity contribution in [3.63, 3.8) is 0 Å². The van der Waals surface area contributed by atoms with Gasteiger partial charge in [-0.25, -0.2) is 0 Å². The molecule has 1 heterocycles. The lowest BCUT2D eigenvalue weighted by atomic mass is 9.46. The van der Waals surface area contributed by atoms with Crippen molar-refractivity contribution >= 4 is 17.5 Å². The monoisotopic (exact) mass is 342 g/mol. The Balaban J connectivity index is 1.57. The lowest BCUT2D eigenvalue weighted by Crippen LogP contribution is -2.54. The maximum Gasteiger partial charge on any atom is 0.313 e. The van der Waals surface area contributed by atoms with Gasteiger partial charge >= 0.3 is 5.97 Å². The van der Waals surface area contributed by atoms with Crippen LogP contribution in [0.4, 0.5) is 0 Å². The van der Waals surface area contributed by atoms with Gasteiger partial charge in [0.2, 0.25) is 0 Å². The van der Waals surface area contributed by atoms with Gasteiger partial charge in [-0.15, -0.1) is 0 Å². The van der Waals surface area contributed by atoms with Crippen LogP contribution >= 0.6 is 0 Å². The molecule has 134 valence electrons. The van der Waals surface area contributed by atoms with Gasteiger partial charge in [0, 0.05) is 24.3 Å². The largest absolute Gasteiger partial charge is 0.462 e. The molecule has 0 N–H and O–H groups in total. The molecule has 0 amide bonds. The molecule has 7 atom stereocenters. The number of ketones is 2. The predicted octanol–water partition coefficient (Wildman–Crippen LogP) is 3.24. The fourth-order valence-corrected chi connectivity index (χ4v) is 7.52. The van der Waals surface area contributed by atoms with E-state index in [0.717, 1.165) is 37.7 Å². The first-order chi connectivity index (χ1) is 11.9. The number of hydrogen-bond donors (Lipinski definition) is 0. The van der Waals surface area contributed by atoms with E-state index < -0.39 is 0 Å². The normalized spacial score (nSPS) is 51.2. The third-order valence-corrected chi connectivity index (χ3v) is 8.61. The molecule has 5 rings (SSSR count). The number of ether oxygens (including phenoxy) is 1. The molecule has 4 heteroatoms. The van der Waals surface area contributed by atoms with Gasteiger partial charge in [0.25, 0.3) is 0 Å². The van der Waals surface area contributed by atoms with Crippen molar-refractivity contribution in [2.24, 2.45) is 34.5 Å². The predicted molar refractivity (Wildman–Crippen MR) is 90.5 cm³/mol. The summed E-state index contributed by atoms with van der Waals surface area (Å²) in [6.07, 6.45) is 7.48. The highest BCUT2D eigenvalue weighted by Crippen LogP contribution is 2.68. The Bertz CT molecular complexity index is 721. The Morgan fingerprint density at radius 3 is 2.60 bits per heavy atom. The highest BCUT2D eigenvalue weighted by atomic mass is 16.6. The van der Waals surface area contributed by atoms with Crippen LogP contribution in [0.15, 0.2) is 11.6 Å². The fourth-order valence-electron chi connectivity index (χ4n) is 7.52. The lowest BCUT2D eigenvalue weighted by Gasteiger charge is -2.56. The number of rotatable bonds is 0. The summed E-state index contributed by atoms with van der Waals surface area (Å²) in [5, 5.41) is 0. The van der Waals surface area contributed by atoms with E-state index in [-0.39, 0.29) is 46.3 Å². The van der Waals surface area contributed by atoms with E-state index in [1.54, 1.807) is 6.08 Å². The minimum Gasteiger partial charge on any atom is -0.462 e. The van der Waals surface area contributed by atoms with Gasteiger partial charge in [0.05, 0.1) is 5.41 Å². The minimum absolute atomic E-state index is 0.00344. The first-order valence-electron chi connectivity index (χ1n) is 9.87. The van der Waals surface area contributed by atoms with Crippen LogP contribution < -0.4 is 0 Å². The Kier molecular flexibility index (Phi) is 3.05. The summed E-state index contributed by atoms with van der Waals surface area (Å²) in [6, 6.07) is 0. The van der Waals surface area contributed by atoms with Crippen molar-refractivity contribution in [3.8, 4) is 0 Å². The SMILES string of the molecule is C[C@@H]1OC(=O)[C@]23CC[C@H]4[C@@H](CC(=O)C5=CC(=O)CC[C@@]54C)[C@@H]2CC[C@H]13. The topological polar surface area (TPSA) is 60.4 Å². The molecule has 0 bridgehead atoms. The van der Waals surface area contributed by atoms with E-state index in [2.05, 4.69) is 6.92 Å². The molecule has 1 saturated heterocycles. The highest BCUT2D eigenvalue weighted by molar-refractivity contribution is 6.06. The minimum atomic E-state index is -0.330. The van der Waals surface area contributed by atoms with Gasteiger partial charge in [-0.3, -0.25) is 14.4 Å². The molecule has 0 aromatic carbocycles. The average Bonchev–Trinajstić information content (AvgIpc) is 3.07. The zero-order chi connectivity index (χ0) is 17.6. The van der Waals surface area contributed by atoms with Crippen LogP contribution in [0.2, 0.25) is 0 Å². The fraction of sp³-hybridized carbons (Fsp3) is 0.762. The molecule has 4 aliphatic carbocycles. The number of carbonyl (C=O) groups is 3. The number of cyclic esters (lactones) is 1. The summed E-state index contributed by atoms with van der Waals surface area (Å²) in [5.41, 5.74) is 0.267. The zero-order valence-corrected chi connectivity index (χ0v) is 15.0. The molecule has 5 aliphatic rings. The van der Waals surface area contributed by atoms with Crippen molar-refractivity contribution in [1.29, 1.82) is 0 Å². The summed E-state index contributed by atoms with van der Waals surface area (Å²) in [4.78, 5) is 37.6. The van der Waals surface area contributed by atoms with E-state index in [1.165, 1.54) is 0 Å². The highest BCUT2D eigenvalue weighted by Gasteiger charge is 2.69. The van der Waals surface area contributed by atoms with E-state index in [0.29, 0.717) is 24.7 Å². The molecule has 4 nitrogen and oxygen atoms in total. The van der Waals surface area contributed by atoms with Crippen LogP contribution in [0.3, 0.4) is 0 Å². The van der Waals surface area contributed by atoms with Crippen LogP contribution in [-0.4, -0.2) is 23.6 Å². The second-order valence-electron chi connectivity index (χ2n) is 9.32. The van der Waals surface area contributed by atoms with Gasteiger partial charge in [-0.1, -0.05) is 6.92 Å². The summed E-state index contributed by atoms with van der Waals surface area (Å²) >= 11 is 0. The molecule has 25 heavy (non-hydrogen) atoms. The van der Waals surface area contributed by atoms with Crippen LogP contribution in [0.1, 0.15) is 58.8 Å². The van der Waals surface area contributed by atoms with Crippen molar-refractivity contribution in [2.75, 3.05) is 0 Å². The molecule has 0 radical (unpaired) electrons. The number of esters is 1. The third-order valence-electron chi connectivity index (χ3n) is 8.61. The van der Waals surface area contributed by atoms with Gasteiger partial charge in [0.15, 0.2) is 11.6 Å². The number of carbonyl (C=O) groups excluding carboxylic acids is 3. The molecule has 1 spiro atoms. The first-order valence-corrected chi connectivity index (χ1v) is 9.87. The molecule has 0 unspecified atom stereocenters. The Labute approximate surface area is 148 Å². The van der Waals surface area contributed by atoms with Crippen molar-refractivity contribution < 1.29 is 19.1 Å². The standard InChI is InChI=1S/C21H26O4/c1-11-14-3-4-16-13-10-18(23)17-9-12(22)5-7-20(17,2)15(13)6-8-21(14,16)19(24)25-11/h9,11,13-16H,3-8,10H2,1-2H3/t11-,13+,14+,15-,16-,20+,21-/m0/s1. The Hall–Kier alpha value is -1.45. The number of allylic oxidation sites excluding steroid dienone is 1. The zero-order valence-electron chi connectivity index (χ0n) is 15.0. The second kappa shape index (κ2) is 4.83. The smallest absolute Gasteiger partial charge is 0.313 e.